The van der Waals surface area contributed by atoms with Gasteiger partial charge in [0.15, 0.2) is 0 Å². The van der Waals surface area contributed by atoms with Gasteiger partial charge in [-0.3, -0.25) is 5.10 Å². The van der Waals surface area contributed by atoms with Crippen LogP contribution in [-0.2, 0) is 0 Å². The van der Waals surface area contributed by atoms with Crippen molar-refractivity contribution in [1.82, 2.24) is 10.2 Å². The van der Waals surface area contributed by atoms with Crippen molar-refractivity contribution in [3.05, 3.63) is 18.0 Å². The third kappa shape index (κ3) is 1.92. The molecular formula is C7H8N2O. The van der Waals surface area contributed by atoms with Crippen LogP contribution in [0.25, 0.3) is 0 Å². The van der Waals surface area contributed by atoms with Crippen LogP contribution in [0.3, 0.4) is 0 Å². The second-order valence-electron chi connectivity index (χ2n) is 1.76. The minimum absolute atomic E-state index is 0.116. The smallest absolute Gasteiger partial charge is 0.0644 e. The number of hydrogen-bond donors (Lipinski definition) is 2. The van der Waals surface area contributed by atoms with Crippen molar-refractivity contribution in [2.24, 2.45) is 0 Å². The summed E-state index contributed by atoms with van der Waals surface area (Å²) >= 11 is 0. The van der Waals surface area contributed by atoms with Gasteiger partial charge in [-0.2, -0.15) is 5.10 Å². The fourth-order valence-corrected chi connectivity index (χ4v) is 0.540. The Balaban J connectivity index is 2.49. The van der Waals surface area contributed by atoms with Gasteiger partial charge in [-0.15, -0.1) is 0 Å². The van der Waals surface area contributed by atoms with Crippen LogP contribution in [0.1, 0.15) is 12.0 Å². The Morgan fingerprint density at radius 2 is 2.60 bits per heavy atom. The van der Waals surface area contributed by atoms with Crippen LogP contribution in [0.5, 0.6) is 0 Å². The average Bonchev–Trinajstić information content (AvgIpc) is 2.41. The zero-order valence-corrected chi connectivity index (χ0v) is 5.46. The minimum Gasteiger partial charge on any atom is -0.395 e. The van der Waals surface area contributed by atoms with Gasteiger partial charge in [-0.25, -0.2) is 0 Å². The predicted molar refractivity (Wildman–Crippen MR) is 37.2 cm³/mol. The van der Waals surface area contributed by atoms with Gasteiger partial charge in [0.05, 0.1) is 18.4 Å². The van der Waals surface area contributed by atoms with Gasteiger partial charge in [-0.1, -0.05) is 11.8 Å². The molecule has 10 heavy (non-hydrogen) atoms. The van der Waals surface area contributed by atoms with Crippen molar-refractivity contribution < 1.29 is 5.11 Å². The summed E-state index contributed by atoms with van der Waals surface area (Å²) < 4.78 is 0. The number of rotatable bonds is 1. The summed E-state index contributed by atoms with van der Waals surface area (Å²) in [6.07, 6.45) is 3.87. The summed E-state index contributed by atoms with van der Waals surface area (Å²) in [4.78, 5) is 0. The van der Waals surface area contributed by atoms with Crippen molar-refractivity contribution in [2.45, 2.75) is 6.42 Å². The molecule has 0 unspecified atom stereocenters. The van der Waals surface area contributed by atoms with E-state index in [-0.39, 0.29) is 6.61 Å². The first-order valence-corrected chi connectivity index (χ1v) is 3.02. The second-order valence-corrected chi connectivity index (χ2v) is 1.76. The largest absolute Gasteiger partial charge is 0.395 e. The van der Waals surface area contributed by atoms with Crippen LogP contribution in [0, 0.1) is 11.8 Å². The van der Waals surface area contributed by atoms with Crippen LogP contribution in [0.15, 0.2) is 12.4 Å². The molecule has 1 heterocycles. The Labute approximate surface area is 59.1 Å². The molecule has 0 fully saturated rings. The molecule has 0 spiro atoms. The highest BCUT2D eigenvalue weighted by atomic mass is 16.2. The van der Waals surface area contributed by atoms with Gasteiger partial charge in [0.25, 0.3) is 0 Å². The molecule has 0 saturated heterocycles. The molecule has 0 radical (unpaired) electrons. The zero-order chi connectivity index (χ0) is 7.23. The molecule has 1 aromatic rings. The van der Waals surface area contributed by atoms with Gasteiger partial charge < -0.3 is 5.11 Å². The lowest BCUT2D eigenvalue weighted by atomic mass is 10.3. The number of hydrogen-bond acceptors (Lipinski definition) is 2. The van der Waals surface area contributed by atoms with Crippen molar-refractivity contribution in [1.29, 1.82) is 0 Å². The molecule has 2 N–H and O–H groups in total. The zero-order valence-electron chi connectivity index (χ0n) is 5.46. The summed E-state index contributed by atoms with van der Waals surface area (Å²) in [7, 11) is 0. The van der Waals surface area contributed by atoms with Crippen LogP contribution in [0.4, 0.5) is 0 Å². The number of aliphatic hydroxyl groups excluding tert-OH is 1. The summed E-state index contributed by atoms with van der Waals surface area (Å²) in [5, 5.41) is 14.7. The first kappa shape index (κ1) is 6.84. The molecule has 1 aromatic heterocycles. The molecule has 0 aliphatic carbocycles. The maximum atomic E-state index is 8.37. The molecule has 0 saturated carbocycles. The molecular weight excluding hydrogens is 128 g/mol. The molecule has 0 aliphatic rings. The third-order valence-electron chi connectivity index (χ3n) is 0.968. The van der Waals surface area contributed by atoms with E-state index in [1.165, 1.54) is 0 Å². The first-order valence-electron chi connectivity index (χ1n) is 3.02. The van der Waals surface area contributed by atoms with Gasteiger partial charge in [-0.05, 0) is 0 Å². The summed E-state index contributed by atoms with van der Waals surface area (Å²) in [6, 6.07) is 0. The number of aromatic amines is 1. The van der Waals surface area contributed by atoms with Gasteiger partial charge >= 0.3 is 0 Å². The summed E-state index contributed by atoms with van der Waals surface area (Å²) in [6.45, 7) is 0.116. The second kappa shape index (κ2) is 3.70. The van der Waals surface area contributed by atoms with Crippen LogP contribution < -0.4 is 0 Å². The molecule has 0 aromatic carbocycles. The van der Waals surface area contributed by atoms with Crippen molar-refractivity contribution in [3.63, 3.8) is 0 Å². The van der Waals surface area contributed by atoms with E-state index in [1.807, 2.05) is 0 Å². The SMILES string of the molecule is OCCC#Cc1cn[nH]c1. The van der Waals surface area contributed by atoms with Gasteiger partial charge in [0, 0.05) is 12.6 Å². The highest BCUT2D eigenvalue weighted by molar-refractivity contribution is 5.28. The predicted octanol–water partition coefficient (Wildman–Crippen LogP) is 0.144. The first-order chi connectivity index (χ1) is 4.93. The van der Waals surface area contributed by atoms with E-state index in [0.717, 1.165) is 5.56 Å². The van der Waals surface area contributed by atoms with E-state index in [2.05, 4.69) is 22.0 Å². The number of nitrogens with one attached hydrogen (secondary N) is 1. The Morgan fingerprint density at radius 1 is 1.70 bits per heavy atom. The standard InChI is InChI=1S/C7H8N2O/c10-4-2-1-3-7-5-8-9-6-7/h5-6,10H,2,4H2,(H,8,9). The van der Waals surface area contributed by atoms with E-state index in [0.29, 0.717) is 6.42 Å². The third-order valence-corrected chi connectivity index (χ3v) is 0.968. The Morgan fingerprint density at radius 3 is 3.20 bits per heavy atom. The lowest BCUT2D eigenvalue weighted by Gasteiger charge is -1.76. The minimum atomic E-state index is 0.116. The fraction of sp³-hybridized carbons (Fsp3) is 0.286. The Hall–Kier alpha value is -1.27. The van der Waals surface area contributed by atoms with E-state index in [1.54, 1.807) is 12.4 Å². The normalized spacial score (nSPS) is 8.50. The monoisotopic (exact) mass is 136 g/mol. The lowest BCUT2D eigenvalue weighted by molar-refractivity contribution is 0.305. The van der Waals surface area contributed by atoms with Crippen LogP contribution in [0.2, 0.25) is 0 Å². The molecule has 0 atom stereocenters. The molecule has 0 aliphatic heterocycles. The van der Waals surface area contributed by atoms with E-state index in [4.69, 9.17) is 5.11 Å². The molecule has 3 heteroatoms. The number of nitrogens with zero attached hydrogens (tertiary/aromatic N) is 1. The van der Waals surface area contributed by atoms with Crippen LogP contribution >= 0.6 is 0 Å². The van der Waals surface area contributed by atoms with Crippen molar-refractivity contribution >= 4 is 0 Å². The summed E-state index contributed by atoms with van der Waals surface area (Å²) in [5.74, 6) is 5.60. The molecule has 3 nitrogen and oxygen atoms in total. The Bertz CT molecular complexity index is 230. The highest BCUT2D eigenvalue weighted by Crippen LogP contribution is 1.88. The fourth-order valence-electron chi connectivity index (χ4n) is 0.540. The Kier molecular flexibility index (Phi) is 2.53. The topological polar surface area (TPSA) is 48.9 Å². The maximum Gasteiger partial charge on any atom is 0.0644 e. The van der Waals surface area contributed by atoms with Crippen molar-refractivity contribution in [3.8, 4) is 11.8 Å². The van der Waals surface area contributed by atoms with Crippen molar-refractivity contribution in [2.75, 3.05) is 6.61 Å². The highest BCUT2D eigenvalue weighted by Gasteiger charge is 1.82. The molecule has 0 bridgehead atoms. The summed E-state index contributed by atoms with van der Waals surface area (Å²) in [5.41, 5.74) is 0.855. The van der Waals surface area contributed by atoms with Gasteiger partial charge in [0.2, 0.25) is 0 Å². The lowest BCUT2D eigenvalue weighted by Crippen LogP contribution is -1.75. The number of aromatic nitrogens is 2. The maximum absolute atomic E-state index is 8.37. The van der Waals surface area contributed by atoms with Crippen LogP contribution in [-0.4, -0.2) is 21.9 Å². The molecule has 52 valence electrons. The average molecular weight is 136 g/mol. The van der Waals surface area contributed by atoms with E-state index >= 15 is 0 Å². The van der Waals surface area contributed by atoms with E-state index in [9.17, 15) is 0 Å². The van der Waals surface area contributed by atoms with Gasteiger partial charge in [0.1, 0.15) is 0 Å². The van der Waals surface area contributed by atoms with E-state index < -0.39 is 0 Å². The number of H-pyrrole nitrogens is 1. The number of aliphatic hydroxyl groups is 1. The molecule has 0 amide bonds. The quantitative estimate of drug-likeness (QED) is 0.540. The molecule has 1 rings (SSSR count).